The van der Waals surface area contributed by atoms with Gasteiger partial charge in [-0.2, -0.15) is 0 Å². The zero-order valence-corrected chi connectivity index (χ0v) is 17.2. The van der Waals surface area contributed by atoms with Crippen LogP contribution in [0.3, 0.4) is 0 Å². The minimum Gasteiger partial charge on any atom is -0.454 e. The van der Waals surface area contributed by atoms with Crippen molar-refractivity contribution in [3.8, 4) is 11.5 Å². The van der Waals surface area contributed by atoms with Gasteiger partial charge in [0.25, 0.3) is 5.91 Å². The fraction of sp³-hybridized carbons (Fsp3) is 0.200. The Morgan fingerprint density at radius 3 is 2.48 bits per heavy atom. The maximum atomic E-state index is 14.1. The molecule has 0 atom stereocenters. The molecule has 0 aliphatic carbocycles. The number of carbonyl (C=O) groups excluding carboxylic acids is 1. The van der Waals surface area contributed by atoms with Gasteiger partial charge in [-0.3, -0.25) is 4.79 Å². The summed E-state index contributed by atoms with van der Waals surface area (Å²) >= 11 is 0. The van der Waals surface area contributed by atoms with Crippen LogP contribution in [0.15, 0.2) is 71.7 Å². The van der Waals surface area contributed by atoms with Crippen LogP contribution in [0.25, 0.3) is 0 Å². The standard InChI is InChI=1S/C25H22FN3O2/c1-17-10-11-21-23(16-17)31-22-9-5-3-7-19(22)24(27-21)28-12-14-29(15-13-28)25(30)18-6-2-4-8-20(18)26/h2-11,16H,12-15H2,1H3. The summed E-state index contributed by atoms with van der Waals surface area (Å²) < 4.78 is 20.2. The Morgan fingerprint density at radius 2 is 1.68 bits per heavy atom. The number of rotatable bonds is 1. The molecule has 0 spiro atoms. The summed E-state index contributed by atoms with van der Waals surface area (Å²) in [4.78, 5) is 21.6. The van der Waals surface area contributed by atoms with E-state index < -0.39 is 5.82 Å². The van der Waals surface area contributed by atoms with Crippen molar-refractivity contribution in [1.29, 1.82) is 0 Å². The number of aliphatic imine (C=N–C) groups is 1. The van der Waals surface area contributed by atoms with Gasteiger partial charge in [0.1, 0.15) is 23.1 Å². The summed E-state index contributed by atoms with van der Waals surface area (Å²) in [5.41, 5.74) is 2.92. The maximum absolute atomic E-state index is 14.1. The molecule has 6 heteroatoms. The number of hydrogen-bond donors (Lipinski definition) is 0. The lowest BCUT2D eigenvalue weighted by Gasteiger charge is -2.36. The molecule has 3 aromatic carbocycles. The zero-order chi connectivity index (χ0) is 21.4. The van der Waals surface area contributed by atoms with Crippen molar-refractivity contribution in [3.63, 3.8) is 0 Å². The van der Waals surface area contributed by atoms with Crippen LogP contribution in [-0.4, -0.2) is 47.7 Å². The van der Waals surface area contributed by atoms with E-state index in [1.54, 1.807) is 17.0 Å². The summed E-state index contributed by atoms with van der Waals surface area (Å²) in [5.74, 6) is 1.56. The average molecular weight is 415 g/mol. The highest BCUT2D eigenvalue weighted by Crippen LogP contribution is 2.38. The molecule has 2 heterocycles. The van der Waals surface area contributed by atoms with Gasteiger partial charge in [0.15, 0.2) is 5.75 Å². The van der Waals surface area contributed by atoms with Crippen LogP contribution < -0.4 is 4.74 Å². The molecule has 3 aromatic rings. The van der Waals surface area contributed by atoms with E-state index in [4.69, 9.17) is 9.73 Å². The highest BCUT2D eigenvalue weighted by atomic mass is 19.1. The second-order valence-corrected chi connectivity index (χ2v) is 7.76. The van der Waals surface area contributed by atoms with E-state index in [0.29, 0.717) is 26.2 Å². The van der Waals surface area contributed by atoms with Crippen molar-refractivity contribution in [2.45, 2.75) is 6.92 Å². The molecule has 0 N–H and O–H groups in total. The van der Waals surface area contributed by atoms with Gasteiger partial charge in [-0.05, 0) is 48.9 Å². The zero-order valence-electron chi connectivity index (χ0n) is 17.2. The van der Waals surface area contributed by atoms with Gasteiger partial charge in [0.05, 0.1) is 11.1 Å². The molecule has 5 nitrogen and oxygen atoms in total. The van der Waals surface area contributed by atoms with Crippen molar-refractivity contribution >= 4 is 17.4 Å². The van der Waals surface area contributed by atoms with Crippen LogP contribution in [0.4, 0.5) is 10.1 Å². The van der Waals surface area contributed by atoms with Gasteiger partial charge < -0.3 is 14.5 Å². The van der Waals surface area contributed by atoms with Crippen molar-refractivity contribution < 1.29 is 13.9 Å². The first-order valence-electron chi connectivity index (χ1n) is 10.4. The summed E-state index contributed by atoms with van der Waals surface area (Å²) in [5, 5.41) is 0. The molecular formula is C25H22FN3O2. The van der Waals surface area contributed by atoms with E-state index in [2.05, 4.69) is 4.90 Å². The van der Waals surface area contributed by atoms with Crippen molar-refractivity contribution in [2.75, 3.05) is 26.2 Å². The molecule has 0 saturated carbocycles. The molecule has 156 valence electrons. The highest BCUT2D eigenvalue weighted by Gasteiger charge is 2.28. The molecular weight excluding hydrogens is 393 g/mol. The number of fused-ring (bicyclic) bond motifs is 2. The first kappa shape index (κ1) is 19.3. The highest BCUT2D eigenvalue weighted by molar-refractivity contribution is 6.04. The van der Waals surface area contributed by atoms with Crippen LogP contribution in [0.2, 0.25) is 0 Å². The lowest BCUT2D eigenvalue weighted by Crippen LogP contribution is -2.51. The molecule has 5 rings (SSSR count). The summed E-state index contributed by atoms with van der Waals surface area (Å²) in [6, 6.07) is 20.0. The largest absolute Gasteiger partial charge is 0.454 e. The Bertz CT molecular complexity index is 1180. The molecule has 0 unspecified atom stereocenters. The lowest BCUT2D eigenvalue weighted by molar-refractivity contribution is 0.0687. The van der Waals surface area contributed by atoms with Gasteiger partial charge in [-0.15, -0.1) is 0 Å². The molecule has 0 radical (unpaired) electrons. The molecule has 2 aliphatic heterocycles. The smallest absolute Gasteiger partial charge is 0.256 e. The number of piperazine rings is 1. The molecule has 1 amide bonds. The van der Waals surface area contributed by atoms with Crippen LogP contribution in [0.1, 0.15) is 21.5 Å². The number of hydrogen-bond acceptors (Lipinski definition) is 4. The Hall–Kier alpha value is -3.67. The number of halogens is 1. The molecule has 1 saturated heterocycles. The van der Waals surface area contributed by atoms with Gasteiger partial charge in [0, 0.05) is 26.2 Å². The number of ether oxygens (including phenoxy) is 1. The quantitative estimate of drug-likeness (QED) is 0.575. The third-order valence-corrected chi connectivity index (χ3v) is 5.66. The Kier molecular flexibility index (Phi) is 4.90. The minimum atomic E-state index is -0.485. The number of amides is 1. The fourth-order valence-corrected chi connectivity index (χ4v) is 4.00. The van der Waals surface area contributed by atoms with Gasteiger partial charge in [-0.25, -0.2) is 9.38 Å². The number of nitrogens with zero attached hydrogens (tertiary/aromatic N) is 3. The Balaban J connectivity index is 1.42. The monoisotopic (exact) mass is 415 g/mol. The second kappa shape index (κ2) is 7.87. The molecule has 1 fully saturated rings. The predicted molar refractivity (Wildman–Crippen MR) is 118 cm³/mol. The molecule has 0 aromatic heterocycles. The van der Waals surface area contributed by atoms with E-state index in [1.807, 2.05) is 49.4 Å². The number of para-hydroxylation sites is 1. The van der Waals surface area contributed by atoms with E-state index in [0.717, 1.165) is 34.1 Å². The maximum Gasteiger partial charge on any atom is 0.256 e. The first-order valence-corrected chi connectivity index (χ1v) is 10.4. The van der Waals surface area contributed by atoms with Crippen LogP contribution in [0.5, 0.6) is 11.5 Å². The number of aryl methyl sites for hydroxylation is 1. The number of amidine groups is 1. The SMILES string of the molecule is Cc1ccc2c(c1)Oc1ccccc1C(N1CCN(C(=O)c3ccccc3F)CC1)=N2. The fourth-order valence-electron chi connectivity index (χ4n) is 4.00. The summed E-state index contributed by atoms with van der Waals surface area (Å²) in [6.07, 6.45) is 0. The Labute approximate surface area is 180 Å². The molecule has 2 aliphatic rings. The van der Waals surface area contributed by atoms with Gasteiger partial charge in [-0.1, -0.05) is 30.3 Å². The van der Waals surface area contributed by atoms with Crippen molar-refractivity contribution in [1.82, 2.24) is 9.80 Å². The normalized spacial score (nSPS) is 15.4. The molecule has 31 heavy (non-hydrogen) atoms. The lowest BCUT2D eigenvalue weighted by atomic mass is 10.1. The average Bonchev–Trinajstić information content (AvgIpc) is 2.95. The third-order valence-electron chi connectivity index (χ3n) is 5.66. The van der Waals surface area contributed by atoms with Crippen LogP contribution >= 0.6 is 0 Å². The van der Waals surface area contributed by atoms with Crippen LogP contribution in [-0.2, 0) is 0 Å². The van der Waals surface area contributed by atoms with E-state index >= 15 is 0 Å². The third kappa shape index (κ3) is 3.65. The van der Waals surface area contributed by atoms with Gasteiger partial charge >= 0.3 is 0 Å². The second-order valence-electron chi connectivity index (χ2n) is 7.76. The van der Waals surface area contributed by atoms with Crippen molar-refractivity contribution in [2.24, 2.45) is 4.99 Å². The Morgan fingerprint density at radius 1 is 0.935 bits per heavy atom. The topological polar surface area (TPSA) is 45.1 Å². The van der Waals surface area contributed by atoms with Crippen LogP contribution in [0, 0.1) is 12.7 Å². The van der Waals surface area contributed by atoms with E-state index in [9.17, 15) is 9.18 Å². The summed E-state index contributed by atoms with van der Waals surface area (Å²) in [6.45, 7) is 4.23. The van der Waals surface area contributed by atoms with E-state index in [1.165, 1.54) is 12.1 Å². The number of carbonyl (C=O) groups is 1. The molecule has 0 bridgehead atoms. The minimum absolute atomic E-state index is 0.116. The summed E-state index contributed by atoms with van der Waals surface area (Å²) in [7, 11) is 0. The number of benzene rings is 3. The van der Waals surface area contributed by atoms with E-state index in [-0.39, 0.29) is 11.5 Å². The first-order chi connectivity index (χ1) is 15.1. The van der Waals surface area contributed by atoms with Crippen molar-refractivity contribution in [3.05, 3.63) is 89.2 Å². The van der Waals surface area contributed by atoms with Gasteiger partial charge in [0.2, 0.25) is 0 Å². The predicted octanol–water partition coefficient (Wildman–Crippen LogP) is 4.78.